The third kappa shape index (κ3) is 7.15. The second-order valence-corrected chi connectivity index (χ2v) is 10.8. The largest absolute Gasteiger partial charge is 0.372 e. The average Bonchev–Trinajstić information content (AvgIpc) is 3.32. The number of allylic oxidation sites excluding steroid dienone is 1. The Morgan fingerprint density at radius 3 is 2.57 bits per heavy atom. The van der Waals surface area contributed by atoms with Gasteiger partial charge in [-0.05, 0) is 87.3 Å². The van der Waals surface area contributed by atoms with Gasteiger partial charge in [0.1, 0.15) is 11.7 Å². The van der Waals surface area contributed by atoms with E-state index in [2.05, 4.69) is 108 Å². The molecule has 0 saturated heterocycles. The highest BCUT2D eigenvalue weighted by molar-refractivity contribution is 6.02. The summed E-state index contributed by atoms with van der Waals surface area (Å²) in [7, 11) is 1.94. The molecule has 5 rings (SSSR count). The molecule has 228 valence electrons. The minimum absolute atomic E-state index is 0.224. The SMILES string of the molecule is C=C1C(N/C(=C/CC)CNC)=CN=C(c2cc(C)ccc2C)N1Cc1cccc(-n2cc(C)c3cc(F)ccc32)c1.NC=O. The van der Waals surface area contributed by atoms with Gasteiger partial charge in [-0.1, -0.05) is 49.4 Å². The highest BCUT2D eigenvalue weighted by Crippen LogP contribution is 2.29. The van der Waals surface area contributed by atoms with Crippen LogP contribution in [-0.4, -0.2) is 35.3 Å². The van der Waals surface area contributed by atoms with Crippen molar-refractivity contribution in [3.63, 3.8) is 0 Å². The lowest BCUT2D eigenvalue weighted by Crippen LogP contribution is -2.37. The molecular weight excluding hydrogens is 551 g/mol. The third-order valence-electron chi connectivity index (χ3n) is 7.45. The van der Waals surface area contributed by atoms with Gasteiger partial charge in [0.15, 0.2) is 0 Å². The number of nitrogens with zero attached hydrogens (tertiary/aromatic N) is 3. The van der Waals surface area contributed by atoms with Crippen LogP contribution in [0, 0.1) is 26.6 Å². The fourth-order valence-corrected chi connectivity index (χ4v) is 5.35. The second kappa shape index (κ2) is 14.5. The maximum absolute atomic E-state index is 14.0. The number of carbonyl (C=O) groups is 1. The maximum atomic E-state index is 14.0. The van der Waals surface area contributed by atoms with E-state index in [9.17, 15) is 4.39 Å². The van der Waals surface area contributed by atoms with Crippen LogP contribution < -0.4 is 16.4 Å². The van der Waals surface area contributed by atoms with Crippen LogP contribution in [0.1, 0.15) is 41.2 Å². The first-order chi connectivity index (χ1) is 21.2. The zero-order valence-electron chi connectivity index (χ0n) is 26.1. The number of nitrogens with two attached hydrogens (primary N) is 1. The number of halogens is 1. The van der Waals surface area contributed by atoms with Crippen LogP contribution in [-0.2, 0) is 11.3 Å². The van der Waals surface area contributed by atoms with Gasteiger partial charge >= 0.3 is 0 Å². The Labute approximate surface area is 259 Å². The topological polar surface area (TPSA) is 87.7 Å². The number of aromatic nitrogens is 1. The van der Waals surface area contributed by atoms with Crippen LogP contribution in [0.2, 0.25) is 0 Å². The Morgan fingerprint density at radius 2 is 1.84 bits per heavy atom. The van der Waals surface area contributed by atoms with E-state index in [-0.39, 0.29) is 12.2 Å². The molecule has 3 aromatic carbocycles. The Hall–Kier alpha value is -4.95. The number of amides is 1. The summed E-state index contributed by atoms with van der Waals surface area (Å²) >= 11 is 0. The van der Waals surface area contributed by atoms with Gasteiger partial charge in [0.25, 0.3) is 0 Å². The molecule has 0 bridgehead atoms. The van der Waals surface area contributed by atoms with Gasteiger partial charge in [0.2, 0.25) is 6.41 Å². The second-order valence-electron chi connectivity index (χ2n) is 10.8. The number of aryl methyl sites for hydroxylation is 3. The summed E-state index contributed by atoms with van der Waals surface area (Å²) in [5.41, 5.74) is 14.6. The van der Waals surface area contributed by atoms with Gasteiger partial charge in [-0.3, -0.25) is 4.79 Å². The van der Waals surface area contributed by atoms with Crippen LogP contribution >= 0.6 is 0 Å². The number of hydrogen-bond acceptors (Lipinski definition) is 5. The van der Waals surface area contributed by atoms with E-state index >= 15 is 0 Å². The summed E-state index contributed by atoms with van der Waals surface area (Å²) in [6.07, 6.45) is 7.31. The highest BCUT2D eigenvalue weighted by Gasteiger charge is 2.25. The van der Waals surface area contributed by atoms with E-state index < -0.39 is 0 Å². The fraction of sp³-hybridized carbons (Fsp3) is 0.222. The van der Waals surface area contributed by atoms with Crippen molar-refractivity contribution in [1.82, 2.24) is 20.1 Å². The average molecular weight is 593 g/mol. The number of carbonyl (C=O) groups excluding carboxylic acids is 1. The Morgan fingerprint density at radius 1 is 1.07 bits per heavy atom. The van der Waals surface area contributed by atoms with Crippen molar-refractivity contribution in [2.45, 2.75) is 40.7 Å². The summed E-state index contributed by atoms with van der Waals surface area (Å²) in [4.78, 5) is 15.8. The normalized spacial score (nSPS) is 13.3. The van der Waals surface area contributed by atoms with Crippen LogP contribution in [0.5, 0.6) is 0 Å². The molecule has 0 unspecified atom stereocenters. The smallest absolute Gasteiger partial charge is 0.204 e. The number of likely N-dealkylation sites (N-methyl/N-ethyl adjacent to an activating group) is 1. The van der Waals surface area contributed by atoms with Crippen LogP contribution in [0.15, 0.2) is 108 Å². The summed E-state index contributed by atoms with van der Waals surface area (Å²) < 4.78 is 16.1. The molecule has 1 aromatic heterocycles. The molecule has 0 aliphatic carbocycles. The molecule has 0 radical (unpaired) electrons. The predicted molar refractivity (Wildman–Crippen MR) is 179 cm³/mol. The lowest BCUT2D eigenvalue weighted by molar-refractivity contribution is -0.106. The summed E-state index contributed by atoms with van der Waals surface area (Å²) in [6.45, 7) is 14.2. The van der Waals surface area contributed by atoms with Crippen molar-refractivity contribution >= 4 is 23.1 Å². The number of rotatable bonds is 9. The van der Waals surface area contributed by atoms with Crippen molar-refractivity contribution in [2.75, 3.05) is 13.6 Å². The zero-order valence-corrected chi connectivity index (χ0v) is 26.1. The predicted octanol–water partition coefficient (Wildman–Crippen LogP) is 6.52. The van der Waals surface area contributed by atoms with Crippen molar-refractivity contribution in [3.8, 4) is 5.69 Å². The highest BCUT2D eigenvalue weighted by atomic mass is 19.1. The van der Waals surface area contributed by atoms with E-state index in [0.717, 1.165) is 74.7 Å². The summed E-state index contributed by atoms with van der Waals surface area (Å²) in [6, 6.07) is 19.9. The Balaban J connectivity index is 0.00000141. The van der Waals surface area contributed by atoms with Gasteiger partial charge in [-0.15, -0.1) is 0 Å². The van der Waals surface area contributed by atoms with Gasteiger partial charge in [0.05, 0.1) is 23.1 Å². The number of hydrogen-bond donors (Lipinski definition) is 3. The number of benzene rings is 3. The molecule has 0 saturated carbocycles. The minimum Gasteiger partial charge on any atom is -0.372 e. The number of amidine groups is 1. The molecule has 1 aliphatic heterocycles. The van der Waals surface area contributed by atoms with Crippen LogP contribution in [0.3, 0.4) is 0 Å². The standard InChI is InChI=1S/C35H38FN5.CH3NO/c1-7-9-29(19-37-6)39-33-20-38-35(32-16-23(2)12-13-24(32)3)40(26(33)5)22-27-10-8-11-30(17-27)41-21-25(4)31-18-28(36)14-15-34(31)41;2-1-3/h8-18,20-21,37,39H,5,7,19,22H2,1-4,6H3;1H,(H2,2,3)/b29-9+;. The quantitative estimate of drug-likeness (QED) is 0.193. The van der Waals surface area contributed by atoms with Crippen LogP contribution in [0.4, 0.5) is 4.39 Å². The van der Waals surface area contributed by atoms with E-state index in [1.807, 2.05) is 26.2 Å². The molecule has 1 aliphatic rings. The van der Waals surface area contributed by atoms with Crippen LogP contribution in [0.25, 0.3) is 16.6 Å². The van der Waals surface area contributed by atoms with E-state index in [1.165, 1.54) is 11.6 Å². The van der Waals surface area contributed by atoms with Gasteiger partial charge in [0, 0.05) is 41.6 Å². The molecular formula is C36H41FN6O. The molecule has 2 heterocycles. The summed E-state index contributed by atoms with van der Waals surface area (Å²) in [5.74, 6) is 0.651. The van der Waals surface area contributed by atoms with Crippen molar-refractivity contribution in [2.24, 2.45) is 10.7 Å². The molecule has 0 atom stereocenters. The van der Waals surface area contributed by atoms with Crippen molar-refractivity contribution < 1.29 is 9.18 Å². The number of fused-ring (bicyclic) bond motifs is 1. The summed E-state index contributed by atoms with van der Waals surface area (Å²) in [5, 5.41) is 7.72. The molecule has 0 fully saturated rings. The third-order valence-corrected chi connectivity index (χ3v) is 7.45. The maximum Gasteiger partial charge on any atom is 0.204 e. The zero-order chi connectivity index (χ0) is 31.8. The molecule has 4 aromatic rings. The van der Waals surface area contributed by atoms with E-state index in [1.54, 1.807) is 6.07 Å². The molecule has 7 nitrogen and oxygen atoms in total. The first-order valence-corrected chi connectivity index (χ1v) is 14.7. The van der Waals surface area contributed by atoms with Gasteiger partial charge < -0.3 is 25.8 Å². The number of aliphatic imine (C=N–C) groups is 1. The molecule has 0 spiro atoms. The molecule has 4 N–H and O–H groups in total. The lowest BCUT2D eigenvalue weighted by Gasteiger charge is -2.33. The van der Waals surface area contributed by atoms with Crippen molar-refractivity contribution in [3.05, 3.63) is 136 Å². The Bertz CT molecular complexity index is 1760. The Kier molecular flexibility index (Phi) is 10.5. The van der Waals surface area contributed by atoms with E-state index in [0.29, 0.717) is 6.54 Å². The van der Waals surface area contributed by atoms with Gasteiger partial charge in [-0.25, -0.2) is 9.38 Å². The fourth-order valence-electron chi connectivity index (χ4n) is 5.35. The lowest BCUT2D eigenvalue weighted by atomic mass is 10.0. The molecule has 44 heavy (non-hydrogen) atoms. The van der Waals surface area contributed by atoms with Crippen molar-refractivity contribution in [1.29, 1.82) is 0 Å². The monoisotopic (exact) mass is 592 g/mol. The first-order valence-electron chi connectivity index (χ1n) is 14.7. The minimum atomic E-state index is -0.224. The first kappa shape index (κ1) is 32.0. The van der Waals surface area contributed by atoms with E-state index in [4.69, 9.17) is 9.79 Å². The van der Waals surface area contributed by atoms with Gasteiger partial charge in [-0.2, -0.15) is 0 Å². The molecule has 1 amide bonds. The number of primary amides is 1. The number of nitrogens with one attached hydrogen (secondary N) is 2. The molecule has 8 heteroatoms.